The molecule has 0 amide bonds. The molecule has 0 atom stereocenters. The van der Waals surface area contributed by atoms with Crippen molar-refractivity contribution in [2.45, 2.75) is 65.2 Å². The van der Waals surface area contributed by atoms with Crippen LogP contribution in [0.4, 0.5) is 5.00 Å². The van der Waals surface area contributed by atoms with Crippen molar-refractivity contribution in [1.29, 1.82) is 0 Å². The predicted molar refractivity (Wildman–Crippen MR) is 80.2 cm³/mol. The average molecular weight is 253 g/mol. The number of rotatable bonds is 10. The van der Waals surface area contributed by atoms with Crippen LogP contribution in [0.15, 0.2) is 11.4 Å². The fraction of sp³-hybridized carbons (Fsp3) is 0.733. The van der Waals surface area contributed by atoms with Gasteiger partial charge in [-0.05, 0) is 30.4 Å². The van der Waals surface area contributed by atoms with Gasteiger partial charge in [-0.3, -0.25) is 0 Å². The third kappa shape index (κ3) is 7.43. The second kappa shape index (κ2) is 9.52. The largest absolute Gasteiger partial charge is 0.377 e. The van der Waals surface area contributed by atoms with Gasteiger partial charge < -0.3 is 5.32 Å². The Kier molecular flexibility index (Phi) is 8.16. The van der Waals surface area contributed by atoms with Crippen LogP contribution >= 0.6 is 11.3 Å². The number of thiophene rings is 1. The summed E-state index contributed by atoms with van der Waals surface area (Å²) in [5.74, 6) is 0. The third-order valence-corrected chi connectivity index (χ3v) is 4.07. The van der Waals surface area contributed by atoms with Crippen molar-refractivity contribution >= 4 is 16.3 Å². The van der Waals surface area contributed by atoms with E-state index in [1.54, 1.807) is 0 Å². The molecule has 1 nitrogen and oxygen atoms in total. The SMILES string of the molecule is CCCCCCCCCCNc1cc(C)cs1. The van der Waals surface area contributed by atoms with Crippen LogP contribution < -0.4 is 5.32 Å². The second-order valence-electron chi connectivity index (χ2n) is 4.89. The smallest absolute Gasteiger partial charge is 0.0885 e. The van der Waals surface area contributed by atoms with E-state index in [1.807, 2.05) is 11.3 Å². The Morgan fingerprint density at radius 3 is 2.24 bits per heavy atom. The summed E-state index contributed by atoms with van der Waals surface area (Å²) in [5, 5.41) is 7.02. The van der Waals surface area contributed by atoms with Crippen LogP contribution in [0, 0.1) is 6.92 Å². The highest BCUT2D eigenvalue weighted by Crippen LogP contribution is 2.19. The van der Waals surface area contributed by atoms with Gasteiger partial charge in [0.25, 0.3) is 0 Å². The molecule has 1 rings (SSSR count). The van der Waals surface area contributed by atoms with Crippen LogP contribution in [0.3, 0.4) is 0 Å². The fourth-order valence-corrected chi connectivity index (χ4v) is 2.81. The van der Waals surface area contributed by atoms with E-state index in [2.05, 4.69) is 30.6 Å². The van der Waals surface area contributed by atoms with E-state index in [4.69, 9.17) is 0 Å². The third-order valence-electron chi connectivity index (χ3n) is 3.06. The van der Waals surface area contributed by atoms with Crippen LogP contribution in [-0.2, 0) is 0 Å². The average Bonchev–Trinajstić information content (AvgIpc) is 2.73. The minimum atomic E-state index is 1.13. The van der Waals surface area contributed by atoms with E-state index in [-0.39, 0.29) is 0 Å². The first-order chi connectivity index (χ1) is 8.33. The summed E-state index contributed by atoms with van der Waals surface area (Å²) in [6.07, 6.45) is 11.2. The van der Waals surface area contributed by atoms with Gasteiger partial charge in [0.05, 0.1) is 5.00 Å². The molecular weight excluding hydrogens is 226 g/mol. The summed E-state index contributed by atoms with van der Waals surface area (Å²) < 4.78 is 0. The van der Waals surface area contributed by atoms with E-state index in [9.17, 15) is 0 Å². The first kappa shape index (κ1) is 14.6. The molecule has 98 valence electrons. The quantitative estimate of drug-likeness (QED) is 0.534. The highest BCUT2D eigenvalue weighted by atomic mass is 32.1. The van der Waals surface area contributed by atoms with Gasteiger partial charge in [0.15, 0.2) is 0 Å². The van der Waals surface area contributed by atoms with Gasteiger partial charge in [-0.1, -0.05) is 51.9 Å². The zero-order valence-electron chi connectivity index (χ0n) is 11.4. The summed E-state index contributed by atoms with van der Waals surface area (Å²) in [6, 6.07) is 2.23. The zero-order chi connectivity index (χ0) is 12.3. The topological polar surface area (TPSA) is 12.0 Å². The van der Waals surface area contributed by atoms with E-state index < -0.39 is 0 Å². The van der Waals surface area contributed by atoms with E-state index in [0.717, 1.165) is 6.54 Å². The van der Waals surface area contributed by atoms with Gasteiger partial charge >= 0.3 is 0 Å². The summed E-state index contributed by atoms with van der Waals surface area (Å²) in [7, 11) is 0. The number of aryl methyl sites for hydroxylation is 1. The summed E-state index contributed by atoms with van der Waals surface area (Å²) in [6.45, 7) is 5.56. The number of anilines is 1. The lowest BCUT2D eigenvalue weighted by Gasteiger charge is -2.03. The zero-order valence-corrected chi connectivity index (χ0v) is 12.2. The molecule has 17 heavy (non-hydrogen) atoms. The summed E-state index contributed by atoms with van der Waals surface area (Å²) in [5.41, 5.74) is 1.37. The van der Waals surface area contributed by atoms with Crippen LogP contribution in [0.2, 0.25) is 0 Å². The highest BCUT2D eigenvalue weighted by Gasteiger charge is 1.95. The fourth-order valence-electron chi connectivity index (χ4n) is 1.99. The van der Waals surface area contributed by atoms with Crippen LogP contribution in [0.25, 0.3) is 0 Å². The van der Waals surface area contributed by atoms with Crippen molar-refractivity contribution in [1.82, 2.24) is 0 Å². The van der Waals surface area contributed by atoms with Crippen LogP contribution in [0.5, 0.6) is 0 Å². The molecule has 0 aliphatic carbocycles. The van der Waals surface area contributed by atoms with Gasteiger partial charge in [0.2, 0.25) is 0 Å². The van der Waals surface area contributed by atoms with Gasteiger partial charge in [-0.15, -0.1) is 11.3 Å². The molecule has 0 spiro atoms. The minimum Gasteiger partial charge on any atom is -0.377 e. The van der Waals surface area contributed by atoms with Crippen molar-refractivity contribution in [3.05, 3.63) is 17.0 Å². The van der Waals surface area contributed by atoms with Gasteiger partial charge in [-0.25, -0.2) is 0 Å². The standard InChI is InChI=1S/C15H27NS/c1-3-4-5-6-7-8-9-10-11-16-15-12-14(2)13-17-15/h12-13,16H,3-11H2,1-2H3. The molecule has 1 aromatic heterocycles. The molecule has 1 aromatic rings. The number of unbranched alkanes of at least 4 members (excludes halogenated alkanes) is 7. The molecule has 0 saturated heterocycles. The van der Waals surface area contributed by atoms with Crippen molar-refractivity contribution in [3.63, 3.8) is 0 Å². The first-order valence-corrected chi connectivity index (χ1v) is 8.00. The Morgan fingerprint density at radius 2 is 1.65 bits per heavy atom. The molecular formula is C15H27NS. The Bertz CT molecular complexity index is 280. The molecule has 0 saturated carbocycles. The monoisotopic (exact) mass is 253 g/mol. The predicted octanol–water partition coefficient (Wildman–Crippen LogP) is 5.61. The molecule has 1 heterocycles. The maximum atomic E-state index is 3.50. The van der Waals surface area contributed by atoms with Crippen molar-refractivity contribution in [2.24, 2.45) is 0 Å². The molecule has 0 aliphatic heterocycles. The van der Waals surface area contributed by atoms with E-state index in [1.165, 1.54) is 61.9 Å². The summed E-state index contributed by atoms with van der Waals surface area (Å²) >= 11 is 1.82. The normalized spacial score (nSPS) is 10.7. The first-order valence-electron chi connectivity index (χ1n) is 7.12. The molecule has 0 radical (unpaired) electrons. The molecule has 0 aliphatic rings. The van der Waals surface area contributed by atoms with E-state index >= 15 is 0 Å². The molecule has 0 aromatic carbocycles. The molecule has 0 unspecified atom stereocenters. The molecule has 0 bridgehead atoms. The number of hydrogen-bond acceptors (Lipinski definition) is 2. The number of hydrogen-bond donors (Lipinski definition) is 1. The van der Waals surface area contributed by atoms with Crippen molar-refractivity contribution in [3.8, 4) is 0 Å². The van der Waals surface area contributed by atoms with Gasteiger partial charge in [0, 0.05) is 6.54 Å². The lowest BCUT2D eigenvalue weighted by Crippen LogP contribution is -1.99. The second-order valence-corrected chi connectivity index (χ2v) is 5.80. The Labute approximate surface area is 111 Å². The van der Waals surface area contributed by atoms with Crippen LogP contribution in [-0.4, -0.2) is 6.54 Å². The van der Waals surface area contributed by atoms with Gasteiger partial charge in [-0.2, -0.15) is 0 Å². The van der Waals surface area contributed by atoms with Crippen molar-refractivity contribution in [2.75, 3.05) is 11.9 Å². The lowest BCUT2D eigenvalue weighted by molar-refractivity contribution is 0.581. The maximum Gasteiger partial charge on any atom is 0.0885 e. The Balaban J connectivity index is 1.84. The van der Waals surface area contributed by atoms with Crippen LogP contribution in [0.1, 0.15) is 63.9 Å². The minimum absolute atomic E-state index is 1.13. The number of nitrogens with one attached hydrogen (secondary N) is 1. The van der Waals surface area contributed by atoms with Gasteiger partial charge in [0.1, 0.15) is 0 Å². The van der Waals surface area contributed by atoms with Crippen molar-refractivity contribution < 1.29 is 0 Å². The molecule has 2 heteroatoms. The summed E-state index contributed by atoms with van der Waals surface area (Å²) in [4.78, 5) is 0. The molecule has 0 fully saturated rings. The lowest BCUT2D eigenvalue weighted by atomic mass is 10.1. The maximum absolute atomic E-state index is 3.50. The Morgan fingerprint density at radius 1 is 1.00 bits per heavy atom. The highest BCUT2D eigenvalue weighted by molar-refractivity contribution is 7.14. The van der Waals surface area contributed by atoms with E-state index in [0.29, 0.717) is 0 Å². The molecule has 1 N–H and O–H groups in total. The Hall–Kier alpha value is -0.500.